The summed E-state index contributed by atoms with van der Waals surface area (Å²) in [6, 6.07) is 15.1. The van der Waals surface area contributed by atoms with Crippen molar-refractivity contribution in [2.75, 3.05) is 19.1 Å². The monoisotopic (exact) mass is 475 g/mol. The summed E-state index contributed by atoms with van der Waals surface area (Å²) >= 11 is 0. The number of anilines is 1. The Hall–Kier alpha value is -3.29. The first-order chi connectivity index (χ1) is 16.2. The molecule has 3 aromatic rings. The quantitative estimate of drug-likeness (QED) is 0.626. The number of aryl methyl sites for hydroxylation is 1. The lowest BCUT2D eigenvalue weighted by Gasteiger charge is -2.60. The SMILES string of the molecule is C.COc1ccc2c(c1)C(C)(C)C(=CC1C([O-])C(c3c(C)[nH]n(-c4ccccc4)c3=O)C1[O-])N2C. The number of fused-ring (bicyclic) bond motifs is 1. The lowest BCUT2D eigenvalue weighted by Crippen LogP contribution is -2.65. The number of hydrogen-bond donors (Lipinski definition) is 1. The van der Waals surface area contributed by atoms with Crippen LogP contribution in [0.5, 0.6) is 5.75 Å². The van der Waals surface area contributed by atoms with E-state index in [1.54, 1.807) is 14.0 Å². The number of methoxy groups -OCH3 is 1. The van der Waals surface area contributed by atoms with Crippen molar-refractivity contribution in [3.05, 3.63) is 87.5 Å². The first kappa shape index (κ1) is 24.8. The van der Waals surface area contributed by atoms with Crippen LogP contribution in [0.4, 0.5) is 5.69 Å². The minimum absolute atomic E-state index is 0. The van der Waals surface area contributed by atoms with Crippen LogP contribution in [0.1, 0.15) is 44.0 Å². The van der Waals surface area contributed by atoms with Crippen LogP contribution >= 0.6 is 0 Å². The molecule has 1 aliphatic carbocycles. The van der Waals surface area contributed by atoms with E-state index in [0.717, 1.165) is 22.7 Å². The van der Waals surface area contributed by atoms with Gasteiger partial charge in [-0.3, -0.25) is 9.89 Å². The molecule has 7 nitrogen and oxygen atoms in total. The van der Waals surface area contributed by atoms with Crippen LogP contribution in [0.3, 0.4) is 0 Å². The van der Waals surface area contributed by atoms with E-state index in [4.69, 9.17) is 4.74 Å². The van der Waals surface area contributed by atoms with E-state index in [-0.39, 0.29) is 18.4 Å². The van der Waals surface area contributed by atoms with E-state index in [1.165, 1.54) is 4.68 Å². The lowest BCUT2D eigenvalue weighted by molar-refractivity contribution is -0.543. The van der Waals surface area contributed by atoms with Gasteiger partial charge in [0.15, 0.2) is 0 Å². The zero-order valence-electron chi connectivity index (χ0n) is 20.0. The molecule has 5 rings (SSSR count). The third-order valence-electron chi connectivity index (χ3n) is 7.52. The first-order valence-electron chi connectivity index (χ1n) is 11.5. The van der Waals surface area contributed by atoms with Crippen molar-refractivity contribution in [3.8, 4) is 11.4 Å². The molecule has 2 heterocycles. The van der Waals surface area contributed by atoms with Crippen LogP contribution < -0.4 is 25.4 Å². The first-order valence-corrected chi connectivity index (χ1v) is 11.5. The molecule has 1 saturated carbocycles. The number of hydrogen-bond acceptors (Lipinski definition) is 5. The van der Waals surface area contributed by atoms with Crippen molar-refractivity contribution in [3.63, 3.8) is 0 Å². The fourth-order valence-corrected chi connectivity index (χ4v) is 5.56. The summed E-state index contributed by atoms with van der Waals surface area (Å²) < 4.78 is 6.81. The highest BCUT2D eigenvalue weighted by Gasteiger charge is 2.44. The fraction of sp³-hybridized carbons (Fsp3) is 0.393. The van der Waals surface area contributed by atoms with E-state index in [2.05, 4.69) is 18.9 Å². The molecule has 1 N–H and O–H groups in total. The van der Waals surface area contributed by atoms with Crippen molar-refractivity contribution >= 4 is 5.69 Å². The second-order valence-corrected chi connectivity index (χ2v) is 9.78. The smallest absolute Gasteiger partial charge is 0.274 e. The van der Waals surface area contributed by atoms with Crippen molar-refractivity contribution in [2.45, 2.75) is 51.7 Å². The average molecular weight is 476 g/mol. The molecule has 0 bridgehead atoms. The largest absolute Gasteiger partial charge is 0.851 e. The fourth-order valence-electron chi connectivity index (χ4n) is 5.56. The second kappa shape index (κ2) is 8.73. The minimum Gasteiger partial charge on any atom is -0.851 e. The Bertz CT molecular complexity index is 1310. The van der Waals surface area contributed by atoms with Gasteiger partial charge >= 0.3 is 0 Å². The molecule has 0 spiro atoms. The number of nitrogens with zero attached hydrogens (tertiary/aromatic N) is 2. The van der Waals surface area contributed by atoms with Gasteiger partial charge in [-0.15, -0.1) is 12.2 Å². The molecule has 2 aromatic carbocycles. The molecular weight excluding hydrogens is 442 g/mol. The van der Waals surface area contributed by atoms with Gasteiger partial charge in [-0.05, 0) is 54.7 Å². The third kappa shape index (κ3) is 3.61. The van der Waals surface area contributed by atoms with Crippen LogP contribution in [0.2, 0.25) is 0 Å². The van der Waals surface area contributed by atoms with Gasteiger partial charge in [-0.1, -0.05) is 45.5 Å². The van der Waals surface area contributed by atoms with Crippen LogP contribution in [0, 0.1) is 12.8 Å². The highest BCUT2D eigenvalue weighted by molar-refractivity contribution is 5.71. The highest BCUT2D eigenvalue weighted by atomic mass is 16.5. The van der Waals surface area contributed by atoms with E-state index >= 15 is 0 Å². The summed E-state index contributed by atoms with van der Waals surface area (Å²) in [7, 11) is 3.59. The molecule has 1 aromatic heterocycles. The summed E-state index contributed by atoms with van der Waals surface area (Å²) in [6.07, 6.45) is -0.511. The number of rotatable bonds is 4. The number of aromatic nitrogens is 2. The van der Waals surface area contributed by atoms with Gasteiger partial charge in [0.1, 0.15) is 5.75 Å². The summed E-state index contributed by atoms with van der Waals surface area (Å²) in [4.78, 5) is 15.2. The number of nitrogens with one attached hydrogen (secondary N) is 1. The Morgan fingerprint density at radius 2 is 1.74 bits per heavy atom. The van der Waals surface area contributed by atoms with E-state index in [1.807, 2.05) is 66.6 Å². The zero-order valence-corrected chi connectivity index (χ0v) is 20.0. The molecule has 0 radical (unpaired) electrons. The molecule has 1 fully saturated rings. The molecule has 2 unspecified atom stereocenters. The molecule has 0 amide bonds. The Kier molecular flexibility index (Phi) is 6.19. The number of likely N-dealkylation sites (N-methyl/N-ethyl adjacent to an activating group) is 1. The Balaban J connectivity index is 0.00000289. The maximum atomic E-state index is 13.3. The number of ether oxygens (including phenoxy) is 1. The van der Waals surface area contributed by atoms with Crippen molar-refractivity contribution in [1.82, 2.24) is 9.78 Å². The van der Waals surface area contributed by atoms with Gasteiger partial charge in [0.25, 0.3) is 5.56 Å². The maximum Gasteiger partial charge on any atom is 0.274 e. The summed E-state index contributed by atoms with van der Waals surface area (Å²) in [5.41, 5.74) is 3.90. The number of aromatic amines is 1. The van der Waals surface area contributed by atoms with Crippen LogP contribution in [-0.2, 0) is 5.41 Å². The predicted molar refractivity (Wildman–Crippen MR) is 134 cm³/mol. The van der Waals surface area contributed by atoms with E-state index in [0.29, 0.717) is 16.9 Å². The molecular formula is C28H33N3O4-2. The number of H-pyrrole nitrogens is 1. The average Bonchev–Trinajstić information content (AvgIpc) is 3.22. The minimum atomic E-state index is -1.18. The molecule has 1 aliphatic heterocycles. The van der Waals surface area contributed by atoms with Crippen LogP contribution in [0.15, 0.2) is 65.1 Å². The van der Waals surface area contributed by atoms with E-state index in [9.17, 15) is 15.0 Å². The summed E-state index contributed by atoms with van der Waals surface area (Å²) in [5, 5.41) is 29.7. The normalized spacial score (nSPS) is 25.7. The number of allylic oxidation sites excluding steroid dienone is 1. The van der Waals surface area contributed by atoms with Gasteiger partial charge in [-0.25, -0.2) is 4.68 Å². The summed E-state index contributed by atoms with van der Waals surface area (Å²) in [5.74, 6) is -0.795. The summed E-state index contributed by atoms with van der Waals surface area (Å²) in [6.45, 7) is 5.93. The van der Waals surface area contributed by atoms with Gasteiger partial charge in [0, 0.05) is 35.1 Å². The van der Waals surface area contributed by atoms with Crippen molar-refractivity contribution in [1.29, 1.82) is 0 Å². The third-order valence-corrected chi connectivity index (χ3v) is 7.52. The molecule has 0 saturated heterocycles. The van der Waals surface area contributed by atoms with Gasteiger partial charge in [0.2, 0.25) is 0 Å². The highest BCUT2D eigenvalue weighted by Crippen LogP contribution is 2.50. The molecule has 35 heavy (non-hydrogen) atoms. The van der Waals surface area contributed by atoms with Gasteiger partial charge < -0.3 is 19.8 Å². The zero-order chi connectivity index (χ0) is 24.4. The standard InChI is InChI=1S/C27H29N3O4.CH4/c1-15-22(26(33)30(28-15)16-9-7-6-8-10-16)23-24(31)18(25(23)32)14-21-27(2,3)19-13-17(34-5)11-12-20(19)29(21)4;/h6-14,18,23-25,28H,1-5H3;1H4/q-2;. The Morgan fingerprint density at radius 3 is 2.37 bits per heavy atom. The van der Waals surface area contributed by atoms with Crippen LogP contribution in [0.25, 0.3) is 5.69 Å². The molecule has 7 heteroatoms. The van der Waals surface area contributed by atoms with Gasteiger partial charge in [0.05, 0.1) is 12.8 Å². The Morgan fingerprint density at radius 1 is 1.09 bits per heavy atom. The lowest BCUT2D eigenvalue weighted by atomic mass is 9.65. The van der Waals surface area contributed by atoms with Crippen molar-refractivity contribution < 1.29 is 14.9 Å². The molecule has 186 valence electrons. The second-order valence-electron chi connectivity index (χ2n) is 9.78. The maximum absolute atomic E-state index is 13.3. The predicted octanol–water partition coefficient (Wildman–Crippen LogP) is 2.60. The number of benzene rings is 2. The van der Waals surface area contributed by atoms with Crippen LogP contribution in [-0.4, -0.2) is 36.1 Å². The Labute approximate surface area is 206 Å². The van der Waals surface area contributed by atoms with E-state index < -0.39 is 24.0 Å². The molecule has 2 atom stereocenters. The van der Waals surface area contributed by atoms with Crippen molar-refractivity contribution in [2.24, 2.45) is 5.92 Å². The van der Waals surface area contributed by atoms with Gasteiger partial charge in [-0.2, -0.15) is 0 Å². The topological polar surface area (TPSA) is 96.4 Å². The number of para-hydroxylation sites is 1. The molecule has 2 aliphatic rings.